The molecule has 12 nitrogen and oxygen atoms in total. The van der Waals surface area contributed by atoms with Crippen molar-refractivity contribution in [2.24, 2.45) is 35.3 Å². The van der Waals surface area contributed by atoms with Crippen LogP contribution in [0.4, 0.5) is 4.39 Å². The van der Waals surface area contributed by atoms with Crippen molar-refractivity contribution in [2.75, 3.05) is 20.8 Å². The lowest BCUT2D eigenvalue weighted by Crippen LogP contribution is -2.64. The number of ether oxygens (including phenoxy) is 5. The molecule has 3 fully saturated rings. The summed E-state index contributed by atoms with van der Waals surface area (Å²) in [5.74, 6) is -6.87. The number of methoxy groups -OCH3 is 2. The maximum Gasteiger partial charge on any atom is 0.329 e. The fourth-order valence-corrected chi connectivity index (χ4v) is 9.53. The Balaban J connectivity index is 1.75. The third kappa shape index (κ3) is 11.7. The number of carbonyl (C=O) groups excluding carboxylic acids is 4. The molecule has 0 spiro atoms. The number of ketones is 2. The molecule has 0 aromatic carbocycles. The maximum atomic E-state index is 16.2. The summed E-state index contributed by atoms with van der Waals surface area (Å²) in [7, 11) is 2.93. The molecule has 13 heteroatoms. The Morgan fingerprint density at radius 1 is 0.983 bits per heavy atom. The number of hydrogen-bond donors (Lipinski definition) is 2. The number of esters is 1. The molecule has 59 heavy (non-hydrogen) atoms. The van der Waals surface area contributed by atoms with E-state index in [1.807, 2.05) is 40.7 Å². The molecule has 1 amide bonds. The highest BCUT2D eigenvalue weighted by Crippen LogP contribution is 2.39. The molecule has 2 bridgehead atoms. The number of cyclic esters (lactones) is 1. The van der Waals surface area contributed by atoms with Gasteiger partial charge in [0.25, 0.3) is 11.7 Å². The minimum atomic E-state index is -2.56. The molecule has 2 saturated heterocycles. The molecule has 334 valence electrons. The van der Waals surface area contributed by atoms with Crippen LogP contribution in [-0.2, 0) is 42.9 Å². The minimum absolute atomic E-state index is 0.0268. The van der Waals surface area contributed by atoms with E-state index in [0.717, 1.165) is 24.2 Å². The van der Waals surface area contributed by atoms with E-state index >= 15 is 4.39 Å². The van der Waals surface area contributed by atoms with Gasteiger partial charge in [-0.2, -0.15) is 0 Å². The first-order chi connectivity index (χ1) is 27.9. The third-order valence-corrected chi connectivity index (χ3v) is 13.5. The number of piperidine rings is 1. The highest BCUT2D eigenvalue weighted by molar-refractivity contribution is 6.39. The molecule has 3 heterocycles. The number of fused-ring (bicyclic) bond motifs is 3. The molecule has 3 aliphatic heterocycles. The van der Waals surface area contributed by atoms with E-state index in [2.05, 4.69) is 6.08 Å². The lowest BCUT2D eigenvalue weighted by molar-refractivity contribution is -0.302. The molecule has 14 unspecified atom stereocenters. The first kappa shape index (κ1) is 48.7. The van der Waals surface area contributed by atoms with Crippen molar-refractivity contribution >= 4 is 23.4 Å². The SMILES string of the molecule is CC=C(C)OC1CC(C=C(C)C2OC(=O)C3CCCCN3C(=O)C(=O)C3(O)OC(C(OC)CC(C)C(F)/C(C)=C/C(CC)C(=O)CCC2C)C(OC)CC3C)CCC1N. The molecule has 0 aromatic heterocycles. The number of hydrogen-bond acceptors (Lipinski definition) is 11. The van der Waals surface area contributed by atoms with Crippen LogP contribution in [0.2, 0.25) is 0 Å². The Kier molecular flexibility index (Phi) is 17.9. The number of carbonyl (C=O) groups is 4. The normalized spacial score (nSPS) is 40.3. The highest BCUT2D eigenvalue weighted by Gasteiger charge is 2.56. The monoisotopic (exact) mass is 833 g/mol. The number of nitrogens with two attached hydrogens (primary N) is 1. The zero-order valence-corrected chi connectivity index (χ0v) is 37.2. The number of alkyl halides is 1. The molecule has 0 radical (unpaired) electrons. The van der Waals surface area contributed by atoms with Crippen LogP contribution in [0.3, 0.4) is 0 Å². The van der Waals surface area contributed by atoms with Crippen molar-refractivity contribution < 1.29 is 52.4 Å². The van der Waals surface area contributed by atoms with E-state index in [9.17, 15) is 24.3 Å². The van der Waals surface area contributed by atoms with E-state index in [-0.39, 0.29) is 62.0 Å². The molecular formula is C46H73FN2O10. The van der Waals surface area contributed by atoms with Crippen molar-refractivity contribution in [3.63, 3.8) is 0 Å². The largest absolute Gasteiger partial charge is 0.494 e. The van der Waals surface area contributed by atoms with Gasteiger partial charge in [0.2, 0.25) is 5.79 Å². The van der Waals surface area contributed by atoms with Gasteiger partial charge in [0, 0.05) is 45.1 Å². The van der Waals surface area contributed by atoms with Gasteiger partial charge in [0.05, 0.1) is 18.0 Å². The topological polar surface area (TPSA) is 164 Å². The third-order valence-electron chi connectivity index (χ3n) is 13.5. The summed E-state index contributed by atoms with van der Waals surface area (Å²) < 4.78 is 46.6. The van der Waals surface area contributed by atoms with Crippen molar-refractivity contribution in [1.82, 2.24) is 4.90 Å². The molecule has 1 aliphatic carbocycles. The second kappa shape index (κ2) is 21.7. The van der Waals surface area contributed by atoms with E-state index in [1.54, 1.807) is 26.8 Å². The second-order valence-electron chi connectivity index (χ2n) is 17.9. The quantitative estimate of drug-likeness (QED) is 0.121. The van der Waals surface area contributed by atoms with Gasteiger partial charge in [-0.05, 0) is 127 Å². The number of aliphatic hydroxyl groups is 1. The van der Waals surface area contributed by atoms with Crippen molar-refractivity contribution in [3.8, 4) is 0 Å². The average molecular weight is 833 g/mol. The van der Waals surface area contributed by atoms with Crippen LogP contribution in [0.15, 0.2) is 35.1 Å². The molecule has 1 saturated carbocycles. The first-order valence-corrected chi connectivity index (χ1v) is 22.0. The summed E-state index contributed by atoms with van der Waals surface area (Å²) in [4.78, 5) is 57.9. The fourth-order valence-electron chi connectivity index (χ4n) is 9.53. The number of rotatable bonds is 7. The Morgan fingerprint density at radius 2 is 1.66 bits per heavy atom. The Morgan fingerprint density at radius 3 is 2.31 bits per heavy atom. The fraction of sp³-hybridized carbons (Fsp3) is 0.783. The van der Waals surface area contributed by atoms with Crippen molar-refractivity contribution in [2.45, 2.75) is 181 Å². The summed E-state index contributed by atoms with van der Waals surface area (Å²) in [6, 6.07) is -1.19. The van der Waals surface area contributed by atoms with Gasteiger partial charge >= 0.3 is 5.97 Å². The molecule has 0 aromatic rings. The van der Waals surface area contributed by atoms with Crippen LogP contribution in [0.1, 0.15) is 126 Å². The summed E-state index contributed by atoms with van der Waals surface area (Å²) >= 11 is 0. The summed E-state index contributed by atoms with van der Waals surface area (Å²) in [6.45, 7) is 14.7. The predicted octanol–water partition coefficient (Wildman–Crippen LogP) is 6.71. The number of halogens is 1. The Bertz CT molecular complexity index is 1570. The van der Waals surface area contributed by atoms with Crippen LogP contribution in [0.25, 0.3) is 0 Å². The zero-order valence-electron chi connectivity index (χ0n) is 37.2. The van der Waals surface area contributed by atoms with Crippen LogP contribution in [0.5, 0.6) is 0 Å². The van der Waals surface area contributed by atoms with E-state index < -0.39 is 77.8 Å². The number of Topliss-reactive ketones (excluding diaryl/α,β-unsaturated/α-hetero) is 2. The molecule has 4 aliphatic rings. The minimum Gasteiger partial charge on any atom is -0.494 e. The first-order valence-electron chi connectivity index (χ1n) is 22.0. The summed E-state index contributed by atoms with van der Waals surface area (Å²) in [5.41, 5.74) is 7.70. The Hall–Kier alpha value is -2.97. The van der Waals surface area contributed by atoms with Gasteiger partial charge in [0.15, 0.2) is 0 Å². The highest BCUT2D eigenvalue weighted by atomic mass is 19.1. The van der Waals surface area contributed by atoms with Crippen molar-refractivity contribution in [1.29, 1.82) is 0 Å². The zero-order chi connectivity index (χ0) is 43.8. The van der Waals surface area contributed by atoms with Gasteiger partial charge in [-0.3, -0.25) is 14.4 Å². The molecule has 3 N–H and O–H groups in total. The van der Waals surface area contributed by atoms with Crippen LogP contribution in [0, 0.1) is 29.6 Å². The van der Waals surface area contributed by atoms with Crippen LogP contribution < -0.4 is 5.73 Å². The van der Waals surface area contributed by atoms with Gasteiger partial charge in [-0.15, -0.1) is 0 Å². The smallest absolute Gasteiger partial charge is 0.329 e. The van der Waals surface area contributed by atoms with Crippen LogP contribution in [-0.4, -0.2) is 109 Å². The molecular weight excluding hydrogens is 760 g/mol. The van der Waals surface area contributed by atoms with E-state index in [1.165, 1.54) is 19.1 Å². The van der Waals surface area contributed by atoms with Gasteiger partial charge < -0.3 is 39.4 Å². The van der Waals surface area contributed by atoms with Crippen molar-refractivity contribution in [3.05, 3.63) is 35.1 Å². The standard InChI is InChI=1S/C46H73FN2O10/c1-11-31(8)57-37-25-32(17-18-34(37)48)21-29(6)41-26(3)16-19-36(50)33(12-2)22-27(4)40(47)28(5)23-38(55-9)42-39(56-10)24-30(7)46(54,59-42)43(51)44(52)49-20-14-13-15-35(49)45(53)58-41/h11,21-22,26,28,30,32-35,37-42,54H,12-20,23-25,48H2,1-10H3/b27-22+,29-21?,31-11?. The second-order valence-corrected chi connectivity index (χ2v) is 17.9. The average Bonchev–Trinajstić information content (AvgIpc) is 3.23. The number of nitrogens with zero attached hydrogens (tertiary/aromatic N) is 1. The lowest BCUT2D eigenvalue weighted by Gasteiger charge is -2.47. The maximum absolute atomic E-state index is 16.2. The van der Waals surface area contributed by atoms with Gasteiger partial charge in [-0.1, -0.05) is 39.8 Å². The number of amides is 1. The summed E-state index contributed by atoms with van der Waals surface area (Å²) in [6.07, 6.45) is 5.97. The number of allylic oxidation sites excluding steroid dienone is 5. The van der Waals surface area contributed by atoms with Gasteiger partial charge in [-0.25, -0.2) is 9.18 Å². The predicted molar refractivity (Wildman–Crippen MR) is 222 cm³/mol. The van der Waals surface area contributed by atoms with E-state index in [4.69, 9.17) is 29.4 Å². The van der Waals surface area contributed by atoms with Gasteiger partial charge in [0.1, 0.15) is 36.3 Å². The Labute approximate surface area is 351 Å². The van der Waals surface area contributed by atoms with E-state index in [0.29, 0.717) is 37.7 Å². The molecule has 4 rings (SSSR count). The summed E-state index contributed by atoms with van der Waals surface area (Å²) in [5, 5.41) is 12.0. The van der Waals surface area contributed by atoms with Crippen LogP contribution >= 0.6 is 0 Å². The molecule has 14 atom stereocenters. The lowest BCUT2D eigenvalue weighted by atomic mass is 9.81.